The van der Waals surface area contributed by atoms with Gasteiger partial charge in [-0.3, -0.25) is 9.80 Å². The molecule has 1 aromatic heterocycles. The summed E-state index contributed by atoms with van der Waals surface area (Å²) in [5.74, 6) is -0.324. The van der Waals surface area contributed by atoms with Gasteiger partial charge in [-0.1, -0.05) is 18.1 Å². The lowest BCUT2D eigenvalue weighted by atomic mass is 9.91. The molecule has 0 saturated carbocycles. The number of alkyl halides is 2. The molecular formula is C36H38F3N5O3. The second-order valence-electron chi connectivity index (χ2n) is 13.7. The largest absolute Gasteiger partial charge is 0.508 e. The molecule has 0 aliphatic carbocycles. The Morgan fingerprint density at radius 1 is 1.17 bits per heavy atom. The van der Waals surface area contributed by atoms with E-state index in [1.807, 2.05) is 9.80 Å². The third-order valence-corrected chi connectivity index (χ3v) is 11.0. The van der Waals surface area contributed by atoms with Gasteiger partial charge in [-0.05, 0) is 67.9 Å². The molecule has 5 aliphatic heterocycles. The predicted octanol–water partition coefficient (Wildman–Crippen LogP) is 5.36. The molecule has 2 bridgehead atoms. The Morgan fingerprint density at radius 2 is 1.98 bits per heavy atom. The maximum absolute atomic E-state index is 15.2. The Labute approximate surface area is 272 Å². The summed E-state index contributed by atoms with van der Waals surface area (Å²) in [6.45, 7) is 7.35. The van der Waals surface area contributed by atoms with Crippen LogP contribution in [0.1, 0.15) is 60.6 Å². The zero-order chi connectivity index (χ0) is 32.5. The van der Waals surface area contributed by atoms with Crippen molar-refractivity contribution in [1.82, 2.24) is 19.8 Å². The normalized spacial score (nSPS) is 26.3. The van der Waals surface area contributed by atoms with Crippen molar-refractivity contribution in [1.29, 1.82) is 0 Å². The predicted molar refractivity (Wildman–Crippen MR) is 171 cm³/mol. The fraction of sp³-hybridized carbons (Fsp3) is 0.500. The highest BCUT2D eigenvalue weighted by molar-refractivity contribution is 5.93. The van der Waals surface area contributed by atoms with E-state index in [0.717, 1.165) is 44.3 Å². The van der Waals surface area contributed by atoms with E-state index in [0.29, 0.717) is 47.5 Å². The van der Waals surface area contributed by atoms with Gasteiger partial charge >= 0.3 is 6.01 Å². The van der Waals surface area contributed by atoms with Gasteiger partial charge in [0.05, 0.1) is 35.5 Å². The molecule has 8 rings (SSSR count). The minimum atomic E-state index is -2.83. The lowest BCUT2D eigenvalue weighted by Gasteiger charge is -2.42. The molecule has 0 unspecified atom stereocenters. The van der Waals surface area contributed by atoms with Crippen molar-refractivity contribution in [2.45, 2.75) is 74.8 Å². The van der Waals surface area contributed by atoms with Gasteiger partial charge in [0.2, 0.25) is 0 Å². The Balaban J connectivity index is 1.18. The fourth-order valence-electron chi connectivity index (χ4n) is 8.88. The molecule has 4 fully saturated rings. The molecule has 246 valence electrons. The van der Waals surface area contributed by atoms with Gasteiger partial charge in [-0.2, -0.15) is 9.97 Å². The van der Waals surface area contributed by atoms with Gasteiger partial charge in [-0.15, -0.1) is 13.0 Å². The first-order valence-electron chi connectivity index (χ1n) is 16.5. The van der Waals surface area contributed by atoms with E-state index in [9.17, 15) is 9.50 Å². The number of halogens is 3. The van der Waals surface area contributed by atoms with E-state index in [4.69, 9.17) is 25.9 Å². The van der Waals surface area contributed by atoms with Gasteiger partial charge in [0.25, 0.3) is 5.92 Å². The van der Waals surface area contributed by atoms with E-state index in [-0.39, 0.29) is 54.9 Å². The molecule has 0 spiro atoms. The zero-order valence-corrected chi connectivity index (χ0v) is 26.2. The number of phenols is 1. The van der Waals surface area contributed by atoms with Crippen molar-refractivity contribution >= 4 is 16.6 Å². The minimum absolute atomic E-state index is 0.00890. The van der Waals surface area contributed by atoms with Gasteiger partial charge in [0.1, 0.15) is 24.0 Å². The molecule has 3 atom stereocenters. The first-order chi connectivity index (χ1) is 22.7. The topological polar surface area (TPSA) is 74.2 Å². The highest BCUT2D eigenvalue weighted by Crippen LogP contribution is 2.45. The van der Waals surface area contributed by atoms with E-state index >= 15 is 8.78 Å². The lowest BCUT2D eigenvalue weighted by Crippen LogP contribution is -2.56. The Hall–Kier alpha value is -3.85. The molecule has 0 radical (unpaired) electrons. The maximum Gasteiger partial charge on any atom is 0.318 e. The number of fused-ring (bicyclic) bond motifs is 5. The molecule has 11 heteroatoms. The molecule has 6 heterocycles. The SMILES string of the molecule is C#Cc1c(F)ccc2cc(O)cc([C@H]3Cc4nc(OCC56CCCN5CCC6)nc(N5C[C@@H]6CC(F)(F)[C@H](C5)N6CC=C)c4CO3)c12. The monoisotopic (exact) mass is 645 g/mol. The van der Waals surface area contributed by atoms with Crippen LogP contribution in [0.2, 0.25) is 0 Å². The van der Waals surface area contributed by atoms with Gasteiger partial charge in [0, 0.05) is 49.5 Å². The van der Waals surface area contributed by atoms with Gasteiger partial charge in [0.15, 0.2) is 0 Å². The number of nitrogens with zero attached hydrogens (tertiary/aromatic N) is 5. The van der Waals surface area contributed by atoms with E-state index < -0.39 is 23.9 Å². The van der Waals surface area contributed by atoms with Gasteiger partial charge in [-0.25, -0.2) is 13.2 Å². The number of hydrogen-bond acceptors (Lipinski definition) is 8. The molecule has 47 heavy (non-hydrogen) atoms. The zero-order valence-electron chi connectivity index (χ0n) is 26.2. The number of aromatic nitrogens is 2. The average molecular weight is 646 g/mol. The number of rotatable bonds is 7. The first-order valence-corrected chi connectivity index (χ1v) is 16.5. The summed E-state index contributed by atoms with van der Waals surface area (Å²) in [6.07, 6.45) is 11.3. The van der Waals surface area contributed by atoms with Crippen molar-refractivity contribution in [2.24, 2.45) is 0 Å². The summed E-state index contributed by atoms with van der Waals surface area (Å²) in [5.41, 5.74) is 2.03. The summed E-state index contributed by atoms with van der Waals surface area (Å²) >= 11 is 0. The number of piperazine rings is 1. The van der Waals surface area contributed by atoms with Crippen molar-refractivity contribution < 1.29 is 27.8 Å². The third kappa shape index (κ3) is 5.04. The number of aromatic hydroxyl groups is 1. The summed E-state index contributed by atoms with van der Waals surface area (Å²) in [4.78, 5) is 16.1. The highest BCUT2D eigenvalue weighted by atomic mass is 19.3. The third-order valence-electron chi connectivity index (χ3n) is 11.0. The molecule has 2 aromatic carbocycles. The Bertz CT molecular complexity index is 1780. The van der Waals surface area contributed by atoms with Gasteiger partial charge < -0.3 is 19.5 Å². The fourth-order valence-corrected chi connectivity index (χ4v) is 8.88. The van der Waals surface area contributed by atoms with Crippen LogP contribution in [0.4, 0.5) is 19.0 Å². The highest BCUT2D eigenvalue weighted by Gasteiger charge is 2.57. The van der Waals surface area contributed by atoms with Crippen LogP contribution in [-0.2, 0) is 17.8 Å². The summed E-state index contributed by atoms with van der Waals surface area (Å²) < 4.78 is 58.2. The molecule has 8 nitrogen and oxygen atoms in total. The second-order valence-corrected chi connectivity index (χ2v) is 13.7. The van der Waals surface area contributed by atoms with Crippen LogP contribution in [0.25, 0.3) is 10.8 Å². The summed E-state index contributed by atoms with van der Waals surface area (Å²) in [6, 6.07) is 4.89. The molecule has 3 aromatic rings. The van der Waals surface area contributed by atoms with Crippen LogP contribution in [0, 0.1) is 18.2 Å². The quantitative estimate of drug-likeness (QED) is 0.272. The Morgan fingerprint density at radius 3 is 2.72 bits per heavy atom. The number of hydrogen-bond donors (Lipinski definition) is 1. The molecule has 0 amide bonds. The lowest BCUT2D eigenvalue weighted by molar-refractivity contribution is -0.0290. The van der Waals surface area contributed by atoms with Crippen LogP contribution < -0.4 is 9.64 Å². The maximum atomic E-state index is 15.2. The minimum Gasteiger partial charge on any atom is -0.508 e. The van der Waals surface area contributed by atoms with E-state index in [1.54, 1.807) is 24.3 Å². The molecule has 1 N–H and O–H groups in total. The van der Waals surface area contributed by atoms with Crippen LogP contribution in [-0.4, -0.2) is 87.8 Å². The standard InChI is InChI=1S/C36H38F3N5O3/c1-3-11-44-23-17-36(38,39)31(44)19-42(18-23)33-27-20-46-30(26-15-24(45)14-22-7-8-28(37)25(4-2)32(22)26)16-29(27)40-34(41-33)47-21-35-9-5-12-43(35)13-6-10-35/h2-3,7-8,14-15,23,30-31,45H,1,5-6,9-13,16-21H2/t23-,30+,31-/m0/s1. The van der Waals surface area contributed by atoms with Crippen LogP contribution in [0.15, 0.2) is 36.9 Å². The second kappa shape index (κ2) is 11.4. The molecular weight excluding hydrogens is 607 g/mol. The summed E-state index contributed by atoms with van der Waals surface area (Å²) in [7, 11) is 0. The first kappa shape index (κ1) is 30.5. The van der Waals surface area contributed by atoms with Crippen LogP contribution in [0.5, 0.6) is 11.8 Å². The average Bonchev–Trinajstić information content (AvgIpc) is 3.67. The van der Waals surface area contributed by atoms with Crippen molar-refractivity contribution in [3.05, 3.63) is 65.1 Å². The number of phenolic OH excluding ortho intramolecular Hbond substituents is 1. The molecule has 5 aliphatic rings. The smallest absolute Gasteiger partial charge is 0.318 e. The number of terminal acetylenes is 1. The van der Waals surface area contributed by atoms with Crippen molar-refractivity contribution in [3.63, 3.8) is 0 Å². The van der Waals surface area contributed by atoms with Crippen LogP contribution in [0.3, 0.4) is 0 Å². The number of benzene rings is 2. The van der Waals surface area contributed by atoms with Crippen molar-refractivity contribution in [2.75, 3.05) is 44.2 Å². The van der Waals surface area contributed by atoms with E-state index in [1.165, 1.54) is 6.07 Å². The van der Waals surface area contributed by atoms with Crippen molar-refractivity contribution in [3.8, 4) is 24.1 Å². The number of ether oxygens (including phenoxy) is 2. The van der Waals surface area contributed by atoms with Crippen LogP contribution >= 0.6 is 0 Å². The molecule has 4 saturated heterocycles. The van der Waals surface area contributed by atoms with E-state index in [2.05, 4.69) is 17.4 Å². The Kier molecular flexibility index (Phi) is 7.39. The number of anilines is 1. The summed E-state index contributed by atoms with van der Waals surface area (Å²) in [5, 5.41) is 11.7.